The lowest BCUT2D eigenvalue weighted by Crippen LogP contribution is -2.58. The van der Waals surface area contributed by atoms with Crippen molar-refractivity contribution in [2.24, 2.45) is 11.8 Å². The predicted octanol–water partition coefficient (Wildman–Crippen LogP) is 1.46. The van der Waals surface area contributed by atoms with E-state index in [1.807, 2.05) is 0 Å². The summed E-state index contributed by atoms with van der Waals surface area (Å²) >= 11 is 0. The van der Waals surface area contributed by atoms with Crippen LogP contribution in [0.2, 0.25) is 0 Å². The maximum atomic E-state index is 11.9. The molecule has 0 unspecified atom stereocenters. The van der Waals surface area contributed by atoms with Gasteiger partial charge < -0.3 is 41.3 Å². The van der Waals surface area contributed by atoms with E-state index in [0.29, 0.717) is 0 Å². The summed E-state index contributed by atoms with van der Waals surface area (Å²) in [5.74, 6) is -23.9. The van der Waals surface area contributed by atoms with Crippen LogP contribution in [0.1, 0.15) is 44.9 Å². The van der Waals surface area contributed by atoms with Gasteiger partial charge in [0.2, 0.25) is 0 Å². The van der Waals surface area contributed by atoms with Crippen molar-refractivity contribution in [2.75, 3.05) is 26.2 Å². The van der Waals surface area contributed by atoms with Crippen LogP contribution in [-0.4, -0.2) is 105 Å². The van der Waals surface area contributed by atoms with Crippen LogP contribution in [0.5, 0.6) is 0 Å². The molecule has 0 radical (unpaired) electrons. The molecule has 2 aliphatic rings. The molecule has 0 aromatic heterocycles. The molecule has 18 heteroatoms. The van der Waals surface area contributed by atoms with Crippen molar-refractivity contribution in [1.82, 2.24) is 10.6 Å². The number of alkyl halides is 8. The van der Waals surface area contributed by atoms with E-state index >= 15 is 0 Å². The van der Waals surface area contributed by atoms with Gasteiger partial charge in [-0.1, -0.05) is 19.3 Å². The van der Waals surface area contributed by atoms with Gasteiger partial charge in [-0.15, -0.1) is 0 Å². The van der Waals surface area contributed by atoms with Gasteiger partial charge in [-0.05, 0) is 63.7 Å². The van der Waals surface area contributed by atoms with Gasteiger partial charge in [-0.2, -0.15) is 17.6 Å². The molecular weight excluding hydrogens is 560 g/mol. The fourth-order valence-corrected chi connectivity index (χ4v) is 3.63. The second-order valence-corrected chi connectivity index (χ2v) is 9.12. The second-order valence-electron chi connectivity index (χ2n) is 9.12. The zero-order chi connectivity index (χ0) is 30.7. The van der Waals surface area contributed by atoms with Crippen LogP contribution in [0.25, 0.3) is 0 Å². The van der Waals surface area contributed by atoms with Gasteiger partial charge in [0, 0.05) is 0 Å². The van der Waals surface area contributed by atoms with E-state index in [0.717, 1.165) is 11.8 Å². The number of rotatable bonds is 10. The fourth-order valence-electron chi connectivity index (χ4n) is 3.63. The molecule has 0 bridgehead atoms. The van der Waals surface area contributed by atoms with Gasteiger partial charge in [-0.25, -0.2) is 27.2 Å². The topological polar surface area (TPSA) is 180 Å². The van der Waals surface area contributed by atoms with Gasteiger partial charge >= 0.3 is 48.2 Å². The Balaban J connectivity index is 0.000000563. The van der Waals surface area contributed by atoms with E-state index in [-0.39, 0.29) is 0 Å². The zero-order valence-corrected chi connectivity index (χ0v) is 20.6. The van der Waals surface area contributed by atoms with Crippen molar-refractivity contribution in [1.29, 1.82) is 0 Å². The van der Waals surface area contributed by atoms with Crippen LogP contribution in [0.3, 0.4) is 0 Å². The smallest absolute Gasteiger partial charge is 0.371 e. The Morgan fingerprint density at radius 3 is 1.08 bits per heavy atom. The Hall–Kier alpha value is -1.86. The van der Waals surface area contributed by atoms with Gasteiger partial charge in [0.15, 0.2) is 0 Å². The van der Waals surface area contributed by atoms with Crippen LogP contribution in [-0.2, 0) is 9.59 Å². The standard InChI is InChI=1S/C13H26N2.2C4H4F4O4/c1(2-12-4-8-14-9-5-12)3-13-6-10-15-11-7-13;2*5-1(6)3(7,8)4(11,12)2(9)10/h12-15H,1-11H2;2*1,11-12H,(H,9,10). The molecule has 2 heterocycles. The number of aliphatic hydroxyl groups is 4. The first kappa shape index (κ1) is 37.1. The van der Waals surface area contributed by atoms with Gasteiger partial charge in [0.1, 0.15) is 0 Å². The number of carbonyl (C=O) groups is 2. The molecule has 0 atom stereocenters. The molecule has 0 saturated carbocycles. The molecule has 0 amide bonds. The monoisotopic (exact) mass is 594 g/mol. The quantitative estimate of drug-likeness (QED) is 0.136. The van der Waals surface area contributed by atoms with Crippen LogP contribution in [0.15, 0.2) is 0 Å². The minimum absolute atomic E-state index is 1.04. The van der Waals surface area contributed by atoms with Crippen molar-refractivity contribution in [3.63, 3.8) is 0 Å². The molecular formula is C21H34F8N2O8. The lowest BCUT2D eigenvalue weighted by atomic mass is 9.87. The Labute approximate surface area is 218 Å². The first-order valence-electron chi connectivity index (χ1n) is 11.8. The van der Waals surface area contributed by atoms with Crippen molar-refractivity contribution in [3.8, 4) is 0 Å². The number of hydrogen-bond donors (Lipinski definition) is 8. The average Bonchev–Trinajstić information content (AvgIpc) is 2.85. The SMILES string of the molecule is C(CC1CCNCC1)CC1CCNCC1.O=C(O)C(O)(O)C(F)(F)C(F)F.O=C(O)C(O)(O)C(F)(F)C(F)F. The van der Waals surface area contributed by atoms with E-state index in [2.05, 4.69) is 10.6 Å². The minimum atomic E-state index is -5.40. The number of carboxylic acids is 2. The largest absolute Gasteiger partial charge is 0.477 e. The summed E-state index contributed by atoms with van der Waals surface area (Å²) in [6.07, 6.45) is 1.22. The van der Waals surface area contributed by atoms with Crippen molar-refractivity contribution >= 4 is 11.9 Å². The van der Waals surface area contributed by atoms with Gasteiger partial charge in [-0.3, -0.25) is 0 Å². The normalized spacial score (nSPS) is 18.2. The summed E-state index contributed by atoms with van der Waals surface area (Å²) in [5, 5.41) is 54.4. The van der Waals surface area contributed by atoms with E-state index in [1.54, 1.807) is 0 Å². The third kappa shape index (κ3) is 10.9. The van der Waals surface area contributed by atoms with Crippen molar-refractivity contribution in [3.05, 3.63) is 0 Å². The molecule has 0 spiro atoms. The maximum absolute atomic E-state index is 11.9. The Bertz CT molecular complexity index is 687. The van der Waals surface area contributed by atoms with Crippen LogP contribution in [0.4, 0.5) is 35.1 Å². The van der Waals surface area contributed by atoms with Crippen LogP contribution < -0.4 is 10.6 Å². The molecule has 0 aromatic carbocycles. The first-order valence-corrected chi connectivity index (χ1v) is 11.8. The highest BCUT2D eigenvalue weighted by molar-refractivity contribution is 5.76. The number of carboxylic acid groups (broad SMARTS) is 2. The highest BCUT2D eigenvalue weighted by Crippen LogP contribution is 2.34. The molecule has 2 rings (SSSR count). The number of aliphatic carboxylic acids is 2. The van der Waals surface area contributed by atoms with E-state index in [4.69, 9.17) is 30.6 Å². The minimum Gasteiger partial charge on any atom is -0.477 e. The fraction of sp³-hybridized carbons (Fsp3) is 0.905. The molecule has 2 aliphatic heterocycles. The van der Waals surface area contributed by atoms with E-state index in [9.17, 15) is 44.7 Å². The number of piperidine rings is 2. The number of halogens is 8. The highest BCUT2D eigenvalue weighted by atomic mass is 19.3. The molecule has 2 saturated heterocycles. The average molecular weight is 594 g/mol. The summed E-state index contributed by atoms with van der Waals surface area (Å²) in [6.45, 7) is 5.05. The molecule has 8 N–H and O–H groups in total. The molecule has 10 nitrogen and oxygen atoms in total. The van der Waals surface area contributed by atoms with Crippen LogP contribution >= 0.6 is 0 Å². The van der Waals surface area contributed by atoms with Gasteiger partial charge in [0.25, 0.3) is 0 Å². The number of hydrogen-bond acceptors (Lipinski definition) is 8. The second kappa shape index (κ2) is 15.8. The van der Waals surface area contributed by atoms with Crippen LogP contribution in [0, 0.1) is 11.8 Å². The Kier molecular flexibility index (Phi) is 15.0. The summed E-state index contributed by atoms with van der Waals surface area (Å²) in [7, 11) is 0. The third-order valence-electron chi connectivity index (χ3n) is 6.22. The summed E-state index contributed by atoms with van der Waals surface area (Å²) < 4.78 is 93.1. The van der Waals surface area contributed by atoms with Crippen molar-refractivity contribution in [2.45, 2.75) is 81.2 Å². The van der Waals surface area contributed by atoms with E-state index in [1.165, 1.54) is 71.1 Å². The van der Waals surface area contributed by atoms with Crippen molar-refractivity contribution < 1.29 is 75.4 Å². The first-order chi connectivity index (χ1) is 17.7. The molecule has 39 heavy (non-hydrogen) atoms. The highest BCUT2D eigenvalue weighted by Gasteiger charge is 2.65. The van der Waals surface area contributed by atoms with Gasteiger partial charge in [0.05, 0.1) is 0 Å². The summed E-state index contributed by atoms with van der Waals surface area (Å²) in [4.78, 5) is 19.3. The zero-order valence-electron chi connectivity index (χ0n) is 20.6. The summed E-state index contributed by atoms with van der Waals surface area (Å²) in [6, 6.07) is 0. The van der Waals surface area contributed by atoms with E-state index < -0.39 is 48.2 Å². The third-order valence-corrected chi connectivity index (χ3v) is 6.22. The Morgan fingerprint density at radius 1 is 0.641 bits per heavy atom. The lowest BCUT2D eigenvalue weighted by molar-refractivity contribution is -0.319. The summed E-state index contributed by atoms with van der Waals surface area (Å²) in [5.41, 5.74) is 0. The predicted molar refractivity (Wildman–Crippen MR) is 117 cm³/mol. The molecule has 2 fully saturated rings. The maximum Gasteiger partial charge on any atom is 0.371 e. The lowest BCUT2D eigenvalue weighted by Gasteiger charge is -2.25. The Morgan fingerprint density at radius 2 is 0.897 bits per heavy atom. The molecule has 0 aliphatic carbocycles. The number of nitrogens with one attached hydrogen (secondary N) is 2. The molecule has 0 aromatic rings. The molecule has 232 valence electrons.